The van der Waals surface area contributed by atoms with Crippen LogP contribution in [-0.4, -0.2) is 52.4 Å². The zero-order chi connectivity index (χ0) is 22.3. The summed E-state index contributed by atoms with van der Waals surface area (Å²) in [6, 6.07) is 3.56. The van der Waals surface area contributed by atoms with Gasteiger partial charge in [-0.05, 0) is 38.8 Å². The number of amides is 1. The van der Waals surface area contributed by atoms with Crippen LogP contribution in [0.2, 0.25) is 0 Å². The minimum atomic E-state index is -3.12. The maximum atomic E-state index is 13.3. The molecule has 166 valence electrons. The SMILES string of the molecule is CCC(C)N(C(=O)Cn1cnc2scc(-c3ccc(C)s3)c2c1=O)C1CCS(=O)(=O)C1. The van der Waals surface area contributed by atoms with Crippen molar-refractivity contribution in [2.45, 2.75) is 52.2 Å². The van der Waals surface area contributed by atoms with E-state index in [0.29, 0.717) is 23.1 Å². The van der Waals surface area contributed by atoms with Crippen molar-refractivity contribution in [1.29, 1.82) is 0 Å². The number of fused-ring (bicyclic) bond motifs is 1. The molecule has 31 heavy (non-hydrogen) atoms. The molecule has 0 spiro atoms. The van der Waals surface area contributed by atoms with Crippen LogP contribution in [0.15, 0.2) is 28.6 Å². The van der Waals surface area contributed by atoms with Crippen molar-refractivity contribution < 1.29 is 13.2 Å². The van der Waals surface area contributed by atoms with Gasteiger partial charge in [0.05, 0.1) is 23.2 Å². The minimum Gasteiger partial charge on any atom is -0.334 e. The Bertz CT molecular complexity index is 1290. The van der Waals surface area contributed by atoms with Crippen LogP contribution in [0.5, 0.6) is 0 Å². The van der Waals surface area contributed by atoms with Gasteiger partial charge in [0.2, 0.25) is 5.91 Å². The van der Waals surface area contributed by atoms with E-state index < -0.39 is 9.84 Å². The average Bonchev–Trinajstić information content (AvgIpc) is 3.42. The van der Waals surface area contributed by atoms with Gasteiger partial charge in [-0.15, -0.1) is 22.7 Å². The van der Waals surface area contributed by atoms with Gasteiger partial charge in [0.1, 0.15) is 11.4 Å². The Morgan fingerprint density at radius 1 is 1.39 bits per heavy atom. The fourth-order valence-corrected chi connectivity index (χ4v) is 7.64. The predicted octanol–water partition coefficient (Wildman–Crippen LogP) is 3.31. The Hall–Kier alpha value is -2.04. The molecule has 4 rings (SSSR count). The molecule has 0 saturated carbocycles. The lowest BCUT2D eigenvalue weighted by molar-refractivity contribution is -0.136. The quantitative estimate of drug-likeness (QED) is 0.541. The third-order valence-electron chi connectivity index (χ3n) is 5.83. The fraction of sp³-hybridized carbons (Fsp3) is 0.476. The Kier molecular flexibility index (Phi) is 6.06. The number of carbonyl (C=O) groups excluding carboxylic acids is 1. The second-order valence-electron chi connectivity index (χ2n) is 8.03. The van der Waals surface area contributed by atoms with Crippen LogP contribution in [0.4, 0.5) is 0 Å². The molecule has 1 fully saturated rings. The summed E-state index contributed by atoms with van der Waals surface area (Å²) >= 11 is 3.03. The van der Waals surface area contributed by atoms with Crippen LogP contribution >= 0.6 is 22.7 Å². The number of carbonyl (C=O) groups is 1. The van der Waals surface area contributed by atoms with Crippen molar-refractivity contribution in [2.75, 3.05) is 11.5 Å². The van der Waals surface area contributed by atoms with Gasteiger partial charge in [-0.3, -0.25) is 14.2 Å². The van der Waals surface area contributed by atoms with Gasteiger partial charge in [0.25, 0.3) is 5.56 Å². The minimum absolute atomic E-state index is 0.0122. The first-order valence-electron chi connectivity index (χ1n) is 10.2. The average molecular weight is 480 g/mol. The van der Waals surface area contributed by atoms with Gasteiger partial charge in [-0.1, -0.05) is 6.92 Å². The molecule has 0 aromatic carbocycles. The van der Waals surface area contributed by atoms with Crippen LogP contribution in [-0.2, 0) is 21.2 Å². The summed E-state index contributed by atoms with van der Waals surface area (Å²) in [4.78, 5) is 35.4. The van der Waals surface area contributed by atoms with Crippen LogP contribution in [0.3, 0.4) is 0 Å². The van der Waals surface area contributed by atoms with E-state index in [0.717, 1.165) is 15.3 Å². The number of aromatic nitrogens is 2. The molecule has 0 N–H and O–H groups in total. The molecule has 3 aromatic heterocycles. The highest BCUT2D eigenvalue weighted by Crippen LogP contribution is 2.35. The van der Waals surface area contributed by atoms with Gasteiger partial charge < -0.3 is 4.90 Å². The molecule has 1 aliphatic rings. The lowest BCUT2D eigenvalue weighted by Crippen LogP contribution is -2.48. The van der Waals surface area contributed by atoms with Gasteiger partial charge >= 0.3 is 0 Å². The van der Waals surface area contributed by atoms with E-state index in [9.17, 15) is 18.0 Å². The number of hydrogen-bond acceptors (Lipinski definition) is 7. The first kappa shape index (κ1) is 22.2. The Balaban J connectivity index is 1.67. The molecule has 2 unspecified atom stereocenters. The maximum absolute atomic E-state index is 13.3. The van der Waals surface area contributed by atoms with Crippen LogP contribution in [0, 0.1) is 6.92 Å². The van der Waals surface area contributed by atoms with Crippen molar-refractivity contribution >= 4 is 48.6 Å². The van der Waals surface area contributed by atoms with Crippen molar-refractivity contribution in [3.63, 3.8) is 0 Å². The molecule has 0 aliphatic carbocycles. The van der Waals surface area contributed by atoms with E-state index in [-0.39, 0.29) is 41.6 Å². The second-order valence-corrected chi connectivity index (χ2v) is 12.4. The third kappa shape index (κ3) is 4.33. The van der Waals surface area contributed by atoms with E-state index >= 15 is 0 Å². The first-order valence-corrected chi connectivity index (χ1v) is 13.8. The number of nitrogens with zero attached hydrogens (tertiary/aromatic N) is 3. The molecule has 3 aromatic rings. The van der Waals surface area contributed by atoms with Crippen molar-refractivity contribution in [2.24, 2.45) is 0 Å². The summed E-state index contributed by atoms with van der Waals surface area (Å²) < 4.78 is 25.3. The molecular formula is C21H25N3O4S3. The number of thiophene rings is 2. The smallest absolute Gasteiger partial charge is 0.263 e. The van der Waals surface area contributed by atoms with E-state index in [2.05, 4.69) is 4.98 Å². The molecule has 4 heterocycles. The first-order chi connectivity index (χ1) is 14.7. The molecule has 1 amide bonds. The fourth-order valence-electron chi connectivity index (χ4n) is 4.07. The molecule has 1 saturated heterocycles. The largest absolute Gasteiger partial charge is 0.334 e. The van der Waals surface area contributed by atoms with Gasteiger partial charge in [0.15, 0.2) is 9.84 Å². The second kappa shape index (κ2) is 8.48. The number of aryl methyl sites for hydroxylation is 1. The molecule has 0 radical (unpaired) electrons. The molecule has 1 aliphatic heterocycles. The molecular weight excluding hydrogens is 454 g/mol. The zero-order valence-corrected chi connectivity index (χ0v) is 20.1. The lowest BCUT2D eigenvalue weighted by Gasteiger charge is -2.33. The van der Waals surface area contributed by atoms with Crippen LogP contribution < -0.4 is 5.56 Å². The zero-order valence-electron chi connectivity index (χ0n) is 17.7. The van der Waals surface area contributed by atoms with Crippen molar-refractivity contribution in [1.82, 2.24) is 14.5 Å². The normalized spacial score (nSPS) is 19.0. The number of hydrogen-bond donors (Lipinski definition) is 0. The molecule has 0 bridgehead atoms. The highest BCUT2D eigenvalue weighted by atomic mass is 32.2. The molecule has 7 nitrogen and oxygen atoms in total. The van der Waals surface area contributed by atoms with Crippen molar-refractivity contribution in [3.8, 4) is 10.4 Å². The third-order valence-corrected chi connectivity index (χ3v) is 9.50. The van der Waals surface area contributed by atoms with Crippen LogP contribution in [0.1, 0.15) is 31.6 Å². The highest BCUT2D eigenvalue weighted by Gasteiger charge is 2.36. The summed E-state index contributed by atoms with van der Waals surface area (Å²) in [6.45, 7) is 5.75. The summed E-state index contributed by atoms with van der Waals surface area (Å²) in [5.74, 6) is -0.158. The Labute approximate surface area is 189 Å². The summed E-state index contributed by atoms with van der Waals surface area (Å²) in [7, 11) is -3.12. The number of sulfone groups is 1. The lowest BCUT2D eigenvalue weighted by atomic mass is 10.1. The van der Waals surface area contributed by atoms with Crippen LogP contribution in [0.25, 0.3) is 20.7 Å². The molecule has 10 heteroatoms. The Morgan fingerprint density at radius 2 is 2.16 bits per heavy atom. The summed E-state index contributed by atoms with van der Waals surface area (Å²) in [5, 5.41) is 2.46. The Morgan fingerprint density at radius 3 is 2.77 bits per heavy atom. The molecule has 2 atom stereocenters. The summed E-state index contributed by atoms with van der Waals surface area (Å²) in [5.41, 5.74) is 0.599. The van der Waals surface area contributed by atoms with Gasteiger partial charge in [0, 0.05) is 32.8 Å². The highest BCUT2D eigenvalue weighted by molar-refractivity contribution is 7.91. The topological polar surface area (TPSA) is 89.3 Å². The van der Waals surface area contributed by atoms with Gasteiger partial charge in [-0.25, -0.2) is 13.4 Å². The van der Waals surface area contributed by atoms with Gasteiger partial charge in [-0.2, -0.15) is 0 Å². The van der Waals surface area contributed by atoms with Crippen molar-refractivity contribution in [3.05, 3.63) is 39.1 Å². The number of rotatable bonds is 6. The monoisotopic (exact) mass is 479 g/mol. The van der Waals surface area contributed by atoms with E-state index in [1.165, 1.54) is 22.2 Å². The maximum Gasteiger partial charge on any atom is 0.263 e. The summed E-state index contributed by atoms with van der Waals surface area (Å²) in [6.07, 6.45) is 2.57. The predicted molar refractivity (Wildman–Crippen MR) is 126 cm³/mol. The van der Waals surface area contributed by atoms with E-state index in [4.69, 9.17) is 0 Å². The van der Waals surface area contributed by atoms with E-state index in [1.54, 1.807) is 16.2 Å². The standard InChI is InChI=1S/C21H25N3O4S3/c1-4-13(2)24(15-7-8-31(27,28)11-15)18(25)9-23-12-22-20-19(21(23)26)16(10-29-20)17-6-5-14(3)30-17/h5-6,10,12-13,15H,4,7-9,11H2,1-3H3. The van der Waals surface area contributed by atoms with E-state index in [1.807, 2.05) is 38.3 Å².